The largest absolute Gasteiger partial charge is 0.497 e. The van der Waals surface area contributed by atoms with Crippen molar-refractivity contribution in [2.75, 3.05) is 18.2 Å². The van der Waals surface area contributed by atoms with E-state index in [1.54, 1.807) is 24.3 Å². The Balaban J connectivity index is 1.83. The van der Waals surface area contributed by atoms with Gasteiger partial charge in [0, 0.05) is 11.9 Å². The molecule has 11 heteroatoms. The first-order valence-corrected chi connectivity index (χ1v) is 8.04. The molecule has 0 atom stereocenters. The van der Waals surface area contributed by atoms with E-state index in [0.29, 0.717) is 23.2 Å². The van der Waals surface area contributed by atoms with E-state index in [-0.39, 0.29) is 10.9 Å². The number of thioether (sulfide) groups is 1. The van der Waals surface area contributed by atoms with Crippen LogP contribution in [0.2, 0.25) is 0 Å². The number of alkyl halides is 3. The van der Waals surface area contributed by atoms with Gasteiger partial charge in [0.1, 0.15) is 11.4 Å². The molecule has 0 saturated carbocycles. The fourth-order valence-electron chi connectivity index (χ4n) is 1.70. The summed E-state index contributed by atoms with van der Waals surface area (Å²) < 4.78 is 42.6. The van der Waals surface area contributed by atoms with Crippen LogP contribution in [0, 0.1) is 0 Å². The van der Waals surface area contributed by atoms with Crippen molar-refractivity contribution in [3.8, 4) is 5.75 Å². The van der Waals surface area contributed by atoms with Crippen LogP contribution in [0.15, 0.2) is 41.7 Å². The van der Waals surface area contributed by atoms with E-state index in [1.165, 1.54) is 7.11 Å². The predicted octanol–water partition coefficient (Wildman–Crippen LogP) is 2.94. The highest BCUT2D eigenvalue weighted by molar-refractivity contribution is 7.99. The summed E-state index contributed by atoms with van der Waals surface area (Å²) in [4.78, 5) is 30.4. The van der Waals surface area contributed by atoms with Gasteiger partial charge in [-0.2, -0.15) is 13.2 Å². The van der Waals surface area contributed by atoms with Crippen molar-refractivity contribution in [1.82, 2.24) is 15.3 Å². The number of urea groups is 1. The molecule has 26 heavy (non-hydrogen) atoms. The van der Waals surface area contributed by atoms with E-state index in [0.717, 1.165) is 12.3 Å². The Hall–Kier alpha value is -2.82. The van der Waals surface area contributed by atoms with E-state index >= 15 is 0 Å². The Morgan fingerprint density at radius 3 is 2.50 bits per heavy atom. The van der Waals surface area contributed by atoms with Gasteiger partial charge in [0.15, 0.2) is 5.16 Å². The van der Waals surface area contributed by atoms with Crippen LogP contribution < -0.4 is 15.4 Å². The van der Waals surface area contributed by atoms with Gasteiger partial charge in [0.05, 0.1) is 12.9 Å². The van der Waals surface area contributed by atoms with Crippen molar-refractivity contribution in [3.63, 3.8) is 0 Å². The SMILES string of the molecule is COc1ccc(NC(=O)NC(=O)CSc2nccc(C(F)(F)F)n2)cc1. The molecule has 0 fully saturated rings. The minimum absolute atomic E-state index is 0.217. The van der Waals surface area contributed by atoms with Gasteiger partial charge < -0.3 is 10.1 Å². The maximum atomic E-state index is 12.6. The van der Waals surface area contributed by atoms with Gasteiger partial charge in [-0.15, -0.1) is 0 Å². The van der Waals surface area contributed by atoms with Crippen molar-refractivity contribution < 1.29 is 27.5 Å². The van der Waals surface area contributed by atoms with Gasteiger partial charge >= 0.3 is 12.2 Å². The third kappa shape index (κ3) is 5.92. The molecule has 7 nitrogen and oxygen atoms in total. The number of methoxy groups -OCH3 is 1. The maximum Gasteiger partial charge on any atom is 0.433 e. The summed E-state index contributed by atoms with van der Waals surface area (Å²) >= 11 is 0.681. The van der Waals surface area contributed by atoms with E-state index in [4.69, 9.17) is 4.74 Å². The highest BCUT2D eigenvalue weighted by atomic mass is 32.2. The summed E-state index contributed by atoms with van der Waals surface area (Å²) in [5.41, 5.74) is -0.669. The molecule has 1 aromatic heterocycles. The third-order valence-corrected chi connectivity index (χ3v) is 3.72. The molecule has 3 amide bonds. The zero-order valence-electron chi connectivity index (χ0n) is 13.3. The van der Waals surface area contributed by atoms with Crippen LogP contribution in [0.1, 0.15) is 5.69 Å². The number of benzene rings is 1. The molecular formula is C15H13F3N4O3S. The fraction of sp³-hybridized carbons (Fsp3) is 0.200. The lowest BCUT2D eigenvalue weighted by Gasteiger charge is -2.08. The Kier molecular flexibility index (Phi) is 6.39. The van der Waals surface area contributed by atoms with Crippen LogP contribution in [0.5, 0.6) is 5.75 Å². The molecule has 0 unspecified atom stereocenters. The zero-order chi connectivity index (χ0) is 19.2. The summed E-state index contributed by atoms with van der Waals surface area (Å²) in [5.74, 6) is -0.427. The second kappa shape index (κ2) is 8.52. The third-order valence-electron chi connectivity index (χ3n) is 2.86. The lowest BCUT2D eigenvalue weighted by molar-refractivity contribution is -0.141. The van der Waals surface area contributed by atoms with Crippen LogP contribution in [0.25, 0.3) is 0 Å². The second-order valence-corrected chi connectivity index (χ2v) is 5.68. The van der Waals surface area contributed by atoms with Crippen molar-refractivity contribution in [2.24, 2.45) is 0 Å². The van der Waals surface area contributed by atoms with Crippen LogP contribution in [-0.2, 0) is 11.0 Å². The molecule has 0 bridgehead atoms. The molecule has 2 rings (SSSR count). The Morgan fingerprint density at radius 2 is 1.88 bits per heavy atom. The van der Waals surface area contributed by atoms with Gasteiger partial charge in [-0.05, 0) is 30.3 Å². The smallest absolute Gasteiger partial charge is 0.433 e. The normalized spacial score (nSPS) is 10.9. The van der Waals surface area contributed by atoms with Gasteiger partial charge in [0.2, 0.25) is 5.91 Å². The number of hydrogen-bond donors (Lipinski definition) is 2. The standard InChI is InChI=1S/C15H13F3N4O3S/c1-25-10-4-2-9(3-5-10)20-13(24)22-12(23)8-26-14-19-7-6-11(21-14)15(16,17)18/h2-7H,8H2,1H3,(H2,20,22,23,24). The van der Waals surface area contributed by atoms with E-state index in [9.17, 15) is 22.8 Å². The van der Waals surface area contributed by atoms with Crippen LogP contribution in [-0.4, -0.2) is 34.8 Å². The lowest BCUT2D eigenvalue weighted by atomic mass is 10.3. The first kappa shape index (κ1) is 19.5. The molecule has 0 saturated heterocycles. The molecule has 0 aliphatic carbocycles. The molecule has 0 spiro atoms. The number of amides is 3. The predicted molar refractivity (Wildman–Crippen MR) is 87.9 cm³/mol. The van der Waals surface area contributed by atoms with Crippen LogP contribution in [0.3, 0.4) is 0 Å². The second-order valence-electron chi connectivity index (χ2n) is 4.74. The highest BCUT2D eigenvalue weighted by Gasteiger charge is 2.32. The first-order valence-electron chi connectivity index (χ1n) is 7.06. The van der Waals surface area contributed by atoms with Crippen molar-refractivity contribution in [1.29, 1.82) is 0 Å². The summed E-state index contributed by atoms with van der Waals surface area (Å²) in [7, 11) is 1.50. The number of aromatic nitrogens is 2. The van der Waals surface area contributed by atoms with Crippen LogP contribution >= 0.6 is 11.8 Å². The average molecular weight is 386 g/mol. The molecule has 0 aliphatic heterocycles. The summed E-state index contributed by atoms with van der Waals surface area (Å²) in [6, 6.07) is 6.36. The Bertz CT molecular complexity index is 784. The quantitative estimate of drug-likeness (QED) is 0.606. The van der Waals surface area contributed by atoms with Gasteiger partial charge in [0.25, 0.3) is 0 Å². The minimum Gasteiger partial charge on any atom is -0.497 e. The average Bonchev–Trinajstić information content (AvgIpc) is 2.60. The maximum absolute atomic E-state index is 12.6. The minimum atomic E-state index is -4.60. The monoisotopic (exact) mass is 386 g/mol. The summed E-state index contributed by atoms with van der Waals surface area (Å²) in [6.07, 6.45) is -3.65. The number of rotatable bonds is 5. The number of nitrogens with one attached hydrogen (secondary N) is 2. The lowest BCUT2D eigenvalue weighted by Crippen LogP contribution is -2.35. The number of imide groups is 1. The van der Waals surface area contributed by atoms with E-state index in [2.05, 4.69) is 20.6 Å². The number of anilines is 1. The number of carbonyl (C=O) groups excluding carboxylic acids is 2. The van der Waals surface area contributed by atoms with Gasteiger partial charge in [-0.25, -0.2) is 14.8 Å². The molecule has 0 radical (unpaired) electrons. The van der Waals surface area contributed by atoms with E-state index < -0.39 is 23.8 Å². The first-order chi connectivity index (χ1) is 12.3. The highest BCUT2D eigenvalue weighted by Crippen LogP contribution is 2.28. The fourth-order valence-corrected chi connectivity index (χ4v) is 2.33. The Labute approximate surface area is 150 Å². The number of hydrogen-bond acceptors (Lipinski definition) is 6. The van der Waals surface area contributed by atoms with Crippen LogP contribution in [0.4, 0.5) is 23.7 Å². The molecule has 2 N–H and O–H groups in total. The molecular weight excluding hydrogens is 373 g/mol. The topological polar surface area (TPSA) is 93.2 Å². The van der Waals surface area contributed by atoms with Gasteiger partial charge in [-0.1, -0.05) is 11.8 Å². The number of ether oxygens (including phenoxy) is 1. The molecule has 1 aromatic carbocycles. The Morgan fingerprint density at radius 1 is 1.19 bits per heavy atom. The van der Waals surface area contributed by atoms with Gasteiger partial charge in [-0.3, -0.25) is 10.1 Å². The zero-order valence-corrected chi connectivity index (χ0v) is 14.1. The van der Waals surface area contributed by atoms with Crippen molar-refractivity contribution >= 4 is 29.4 Å². The number of halogens is 3. The molecule has 0 aliphatic rings. The summed E-state index contributed by atoms with van der Waals surface area (Å²) in [6.45, 7) is 0. The molecule has 2 aromatic rings. The number of carbonyl (C=O) groups is 2. The van der Waals surface area contributed by atoms with E-state index in [1.807, 2.05) is 0 Å². The molecule has 138 valence electrons. The number of nitrogens with zero attached hydrogens (tertiary/aromatic N) is 2. The summed E-state index contributed by atoms with van der Waals surface area (Å²) in [5, 5.41) is 4.27. The van der Waals surface area contributed by atoms with Crippen molar-refractivity contribution in [3.05, 3.63) is 42.2 Å². The van der Waals surface area contributed by atoms with Crippen molar-refractivity contribution in [2.45, 2.75) is 11.3 Å². The molecule has 1 heterocycles.